The van der Waals surface area contributed by atoms with Crippen LogP contribution in [0.4, 0.5) is 0 Å². The van der Waals surface area contributed by atoms with Crippen LogP contribution in [-0.4, -0.2) is 31.1 Å². The molecule has 106 valence electrons. The SMILES string of the molecule is CCCN(Cc1cccc(Cl)c1)CC1CCCNC1. The van der Waals surface area contributed by atoms with Gasteiger partial charge < -0.3 is 5.32 Å². The fourth-order valence-corrected chi connectivity index (χ4v) is 3.10. The molecular weight excluding hydrogens is 256 g/mol. The molecule has 1 aliphatic heterocycles. The third kappa shape index (κ3) is 5.13. The molecule has 19 heavy (non-hydrogen) atoms. The molecule has 0 bridgehead atoms. The van der Waals surface area contributed by atoms with Gasteiger partial charge in [-0.25, -0.2) is 0 Å². The van der Waals surface area contributed by atoms with E-state index in [1.165, 1.54) is 51.0 Å². The summed E-state index contributed by atoms with van der Waals surface area (Å²) in [6, 6.07) is 8.25. The van der Waals surface area contributed by atoms with Gasteiger partial charge >= 0.3 is 0 Å². The molecule has 1 aliphatic rings. The Kier molecular flexibility index (Phi) is 6.15. The third-order valence-electron chi connectivity index (χ3n) is 3.75. The molecule has 1 fully saturated rings. The lowest BCUT2D eigenvalue weighted by atomic mass is 9.98. The minimum atomic E-state index is 0.805. The molecule has 1 atom stereocenters. The number of rotatable bonds is 6. The van der Waals surface area contributed by atoms with Crippen LogP contribution in [0.3, 0.4) is 0 Å². The first-order valence-electron chi connectivity index (χ1n) is 7.45. The maximum absolute atomic E-state index is 6.07. The first-order valence-corrected chi connectivity index (χ1v) is 7.83. The van der Waals surface area contributed by atoms with Gasteiger partial charge in [-0.3, -0.25) is 4.90 Å². The summed E-state index contributed by atoms with van der Waals surface area (Å²) in [7, 11) is 0. The quantitative estimate of drug-likeness (QED) is 0.857. The van der Waals surface area contributed by atoms with Crippen molar-refractivity contribution in [1.29, 1.82) is 0 Å². The molecular formula is C16H25ClN2. The molecule has 0 aromatic heterocycles. The summed E-state index contributed by atoms with van der Waals surface area (Å²) in [5, 5.41) is 4.35. The minimum absolute atomic E-state index is 0.805. The van der Waals surface area contributed by atoms with E-state index in [1.54, 1.807) is 0 Å². The topological polar surface area (TPSA) is 15.3 Å². The number of nitrogens with one attached hydrogen (secondary N) is 1. The van der Waals surface area contributed by atoms with Crippen molar-refractivity contribution in [1.82, 2.24) is 10.2 Å². The van der Waals surface area contributed by atoms with Gasteiger partial charge in [0, 0.05) is 18.1 Å². The van der Waals surface area contributed by atoms with Crippen LogP contribution < -0.4 is 5.32 Å². The van der Waals surface area contributed by atoms with Gasteiger partial charge in [-0.05, 0) is 62.5 Å². The smallest absolute Gasteiger partial charge is 0.0409 e. The van der Waals surface area contributed by atoms with E-state index in [1.807, 2.05) is 12.1 Å². The predicted octanol–water partition coefficient (Wildman–Crippen LogP) is 3.55. The molecule has 3 heteroatoms. The number of hydrogen-bond acceptors (Lipinski definition) is 2. The summed E-state index contributed by atoms with van der Waals surface area (Å²) in [6.45, 7) is 8.01. The lowest BCUT2D eigenvalue weighted by Gasteiger charge is -2.30. The van der Waals surface area contributed by atoms with Crippen LogP contribution in [0.25, 0.3) is 0 Å². The lowest BCUT2D eigenvalue weighted by Crippen LogP contribution is -2.38. The van der Waals surface area contributed by atoms with Gasteiger partial charge in [0.15, 0.2) is 0 Å². The molecule has 0 spiro atoms. The van der Waals surface area contributed by atoms with Crippen molar-refractivity contribution in [3.8, 4) is 0 Å². The van der Waals surface area contributed by atoms with Crippen LogP contribution >= 0.6 is 11.6 Å². The van der Waals surface area contributed by atoms with Crippen LogP contribution in [0.5, 0.6) is 0 Å². The summed E-state index contributed by atoms with van der Waals surface area (Å²) in [6.07, 6.45) is 3.89. The van der Waals surface area contributed by atoms with Crippen LogP contribution in [-0.2, 0) is 6.54 Å². The number of hydrogen-bond donors (Lipinski definition) is 1. The zero-order valence-corrected chi connectivity index (χ0v) is 12.6. The van der Waals surface area contributed by atoms with Crippen molar-refractivity contribution in [2.75, 3.05) is 26.2 Å². The Balaban J connectivity index is 1.91. The molecule has 0 saturated carbocycles. The van der Waals surface area contributed by atoms with Gasteiger partial charge in [0.25, 0.3) is 0 Å². The zero-order chi connectivity index (χ0) is 13.5. The van der Waals surface area contributed by atoms with Crippen molar-refractivity contribution in [2.24, 2.45) is 5.92 Å². The largest absolute Gasteiger partial charge is 0.316 e. The second-order valence-electron chi connectivity index (χ2n) is 5.58. The molecule has 1 heterocycles. The van der Waals surface area contributed by atoms with E-state index in [2.05, 4.69) is 29.3 Å². The van der Waals surface area contributed by atoms with E-state index in [0.29, 0.717) is 0 Å². The van der Waals surface area contributed by atoms with E-state index in [4.69, 9.17) is 11.6 Å². The van der Waals surface area contributed by atoms with E-state index >= 15 is 0 Å². The highest BCUT2D eigenvalue weighted by Gasteiger charge is 2.16. The van der Waals surface area contributed by atoms with Crippen molar-refractivity contribution < 1.29 is 0 Å². The highest BCUT2D eigenvalue weighted by molar-refractivity contribution is 6.30. The number of benzene rings is 1. The molecule has 1 aromatic carbocycles. The van der Waals surface area contributed by atoms with Gasteiger partial charge in [0.1, 0.15) is 0 Å². The Labute approximate surface area is 122 Å². The first kappa shape index (κ1) is 14.8. The average molecular weight is 281 g/mol. The average Bonchev–Trinajstić information content (AvgIpc) is 2.40. The Morgan fingerprint density at radius 1 is 1.42 bits per heavy atom. The fourth-order valence-electron chi connectivity index (χ4n) is 2.89. The zero-order valence-electron chi connectivity index (χ0n) is 11.9. The summed E-state index contributed by atoms with van der Waals surface area (Å²) < 4.78 is 0. The van der Waals surface area contributed by atoms with Gasteiger partial charge in [-0.2, -0.15) is 0 Å². The van der Waals surface area contributed by atoms with Gasteiger partial charge in [0.05, 0.1) is 0 Å². The van der Waals surface area contributed by atoms with Crippen molar-refractivity contribution in [2.45, 2.75) is 32.7 Å². The summed E-state index contributed by atoms with van der Waals surface area (Å²) in [5.41, 5.74) is 1.32. The molecule has 2 rings (SSSR count). The lowest BCUT2D eigenvalue weighted by molar-refractivity contribution is 0.201. The van der Waals surface area contributed by atoms with E-state index in [-0.39, 0.29) is 0 Å². The molecule has 1 saturated heterocycles. The summed E-state index contributed by atoms with van der Waals surface area (Å²) >= 11 is 6.07. The van der Waals surface area contributed by atoms with Gasteiger partial charge in [-0.15, -0.1) is 0 Å². The van der Waals surface area contributed by atoms with E-state index in [9.17, 15) is 0 Å². The fraction of sp³-hybridized carbons (Fsp3) is 0.625. The Bertz CT molecular complexity index is 375. The van der Waals surface area contributed by atoms with Gasteiger partial charge in [0.2, 0.25) is 0 Å². The first-order chi connectivity index (χ1) is 9.28. The van der Waals surface area contributed by atoms with E-state index < -0.39 is 0 Å². The molecule has 1 aromatic rings. The van der Waals surface area contributed by atoms with Crippen LogP contribution in [0.15, 0.2) is 24.3 Å². The highest BCUT2D eigenvalue weighted by Crippen LogP contribution is 2.16. The maximum atomic E-state index is 6.07. The molecule has 2 nitrogen and oxygen atoms in total. The van der Waals surface area contributed by atoms with Crippen molar-refractivity contribution >= 4 is 11.6 Å². The van der Waals surface area contributed by atoms with Crippen LogP contribution in [0, 0.1) is 5.92 Å². The minimum Gasteiger partial charge on any atom is -0.316 e. The normalized spacial score (nSPS) is 19.8. The van der Waals surface area contributed by atoms with Crippen molar-refractivity contribution in [3.63, 3.8) is 0 Å². The van der Waals surface area contributed by atoms with E-state index in [0.717, 1.165) is 17.5 Å². The second-order valence-corrected chi connectivity index (χ2v) is 6.01. The molecule has 0 radical (unpaired) electrons. The summed E-state index contributed by atoms with van der Waals surface area (Å²) in [4.78, 5) is 2.57. The Morgan fingerprint density at radius 2 is 2.32 bits per heavy atom. The molecule has 0 aliphatic carbocycles. The number of nitrogens with zero attached hydrogens (tertiary/aromatic N) is 1. The Hall–Kier alpha value is -0.570. The summed E-state index contributed by atoms with van der Waals surface area (Å²) in [5.74, 6) is 0.805. The maximum Gasteiger partial charge on any atom is 0.0409 e. The van der Waals surface area contributed by atoms with Crippen molar-refractivity contribution in [3.05, 3.63) is 34.9 Å². The highest BCUT2D eigenvalue weighted by atomic mass is 35.5. The van der Waals surface area contributed by atoms with Crippen LogP contribution in [0.1, 0.15) is 31.7 Å². The van der Waals surface area contributed by atoms with Gasteiger partial charge in [-0.1, -0.05) is 30.7 Å². The standard InChI is InChI=1S/C16H25ClN2/c1-2-9-19(13-15-6-4-8-18-11-15)12-14-5-3-7-16(17)10-14/h3,5,7,10,15,18H,2,4,6,8-9,11-13H2,1H3. The number of piperidine rings is 1. The second kappa shape index (κ2) is 7.88. The molecule has 1 unspecified atom stereocenters. The predicted molar refractivity (Wildman–Crippen MR) is 82.6 cm³/mol. The number of halogens is 1. The molecule has 0 amide bonds. The third-order valence-corrected chi connectivity index (χ3v) is 3.99. The van der Waals surface area contributed by atoms with Crippen LogP contribution in [0.2, 0.25) is 5.02 Å². The molecule has 1 N–H and O–H groups in total. The Morgan fingerprint density at radius 3 is 3.00 bits per heavy atom. The monoisotopic (exact) mass is 280 g/mol.